The first kappa shape index (κ1) is 27.4. The number of hydrogen-bond donors (Lipinski definition) is 1. The van der Waals surface area contributed by atoms with Crippen molar-refractivity contribution in [2.24, 2.45) is 0 Å². The van der Waals surface area contributed by atoms with E-state index in [4.69, 9.17) is 9.47 Å². The number of benzene rings is 2. The number of carbonyl (C=O) groups is 3. The van der Waals surface area contributed by atoms with E-state index in [1.165, 1.54) is 16.2 Å². The van der Waals surface area contributed by atoms with E-state index >= 15 is 0 Å². The second-order valence-electron chi connectivity index (χ2n) is 9.56. The van der Waals surface area contributed by atoms with E-state index in [2.05, 4.69) is 10.2 Å². The maximum atomic E-state index is 13.4. The number of rotatable bonds is 8. The fourth-order valence-corrected chi connectivity index (χ4v) is 5.60. The Bertz CT molecular complexity index is 1380. The van der Waals surface area contributed by atoms with E-state index in [0.29, 0.717) is 61.1 Å². The maximum Gasteiger partial charge on any atom is 0.338 e. The molecule has 1 atom stereocenters. The van der Waals surface area contributed by atoms with Gasteiger partial charge in [0.2, 0.25) is 0 Å². The van der Waals surface area contributed by atoms with Crippen LogP contribution in [0.25, 0.3) is 0 Å². The maximum absolute atomic E-state index is 13.4. The number of thiophene rings is 1. The van der Waals surface area contributed by atoms with Crippen LogP contribution < -0.4 is 10.1 Å². The summed E-state index contributed by atoms with van der Waals surface area (Å²) in [5.74, 6) is 0.835. The Morgan fingerprint density at radius 2 is 1.73 bits per heavy atom. The predicted octanol–water partition coefficient (Wildman–Crippen LogP) is 4.51. The van der Waals surface area contributed by atoms with Crippen molar-refractivity contribution in [2.45, 2.75) is 13.0 Å². The molecule has 10 heteroatoms. The van der Waals surface area contributed by atoms with Gasteiger partial charge in [-0.05, 0) is 48.2 Å². The molecule has 2 aliphatic heterocycles. The molecule has 40 heavy (non-hydrogen) atoms. The predicted molar refractivity (Wildman–Crippen MR) is 152 cm³/mol. The second kappa shape index (κ2) is 12.4. The van der Waals surface area contributed by atoms with Crippen LogP contribution in [-0.2, 0) is 9.53 Å². The van der Waals surface area contributed by atoms with Crippen LogP contribution in [-0.4, -0.2) is 79.0 Å². The zero-order valence-corrected chi connectivity index (χ0v) is 23.4. The lowest BCUT2D eigenvalue weighted by Gasteiger charge is -2.39. The van der Waals surface area contributed by atoms with E-state index < -0.39 is 12.0 Å². The smallest absolute Gasteiger partial charge is 0.338 e. The van der Waals surface area contributed by atoms with Crippen molar-refractivity contribution in [3.8, 4) is 11.5 Å². The number of esters is 1. The molecule has 1 N–H and O–H groups in total. The Morgan fingerprint density at radius 1 is 0.975 bits per heavy atom. The summed E-state index contributed by atoms with van der Waals surface area (Å²) >= 11 is 1.44. The molecule has 1 fully saturated rings. The number of ether oxygens (including phenoxy) is 2. The molecule has 2 aromatic carbocycles. The van der Waals surface area contributed by atoms with Crippen LogP contribution in [0.1, 0.15) is 28.2 Å². The van der Waals surface area contributed by atoms with Gasteiger partial charge >= 0.3 is 12.0 Å². The lowest BCUT2D eigenvalue weighted by atomic mass is 9.94. The summed E-state index contributed by atoms with van der Waals surface area (Å²) in [4.78, 5) is 45.5. The number of urea groups is 1. The number of hydrogen-bond acceptors (Lipinski definition) is 7. The van der Waals surface area contributed by atoms with Crippen LogP contribution in [0.5, 0.6) is 11.5 Å². The molecule has 0 aliphatic carbocycles. The highest BCUT2D eigenvalue weighted by molar-refractivity contribution is 7.12. The van der Waals surface area contributed by atoms with E-state index in [1.807, 2.05) is 77.0 Å². The molecule has 0 bridgehead atoms. The number of carbonyl (C=O) groups excluding carboxylic acids is 3. The Labute approximate surface area is 237 Å². The van der Waals surface area contributed by atoms with Crippen molar-refractivity contribution in [1.29, 1.82) is 0 Å². The van der Waals surface area contributed by atoms with Gasteiger partial charge in [0.25, 0.3) is 5.91 Å². The molecule has 9 nitrogen and oxygen atoms in total. The lowest BCUT2D eigenvalue weighted by molar-refractivity contribution is -0.139. The van der Waals surface area contributed by atoms with E-state index in [1.54, 1.807) is 14.0 Å². The molecule has 1 saturated heterocycles. The van der Waals surface area contributed by atoms with Crippen LogP contribution in [0, 0.1) is 0 Å². The summed E-state index contributed by atoms with van der Waals surface area (Å²) in [5.41, 5.74) is 1.68. The van der Waals surface area contributed by atoms with Crippen molar-refractivity contribution >= 4 is 29.2 Å². The van der Waals surface area contributed by atoms with E-state index in [9.17, 15) is 14.4 Å². The third-order valence-electron chi connectivity index (χ3n) is 7.01. The molecule has 5 rings (SSSR count). The minimum Gasteiger partial charge on any atom is -0.463 e. The van der Waals surface area contributed by atoms with Gasteiger partial charge in [0.05, 0.1) is 23.1 Å². The van der Waals surface area contributed by atoms with Crippen molar-refractivity contribution in [3.05, 3.63) is 93.8 Å². The fourth-order valence-electron chi connectivity index (χ4n) is 4.91. The van der Waals surface area contributed by atoms with Gasteiger partial charge in [0.15, 0.2) is 0 Å². The number of para-hydroxylation sites is 1. The van der Waals surface area contributed by atoms with Gasteiger partial charge in [-0.1, -0.05) is 36.4 Å². The molecule has 3 heterocycles. The van der Waals surface area contributed by atoms with E-state index in [0.717, 1.165) is 4.88 Å². The van der Waals surface area contributed by atoms with Gasteiger partial charge < -0.3 is 19.7 Å². The quantitative estimate of drug-likeness (QED) is 0.408. The Kier molecular flexibility index (Phi) is 8.47. The van der Waals surface area contributed by atoms with Gasteiger partial charge in [0, 0.05) is 45.5 Å². The van der Waals surface area contributed by atoms with Gasteiger partial charge in [-0.25, -0.2) is 9.59 Å². The third-order valence-corrected chi connectivity index (χ3v) is 7.87. The lowest BCUT2D eigenvalue weighted by Crippen LogP contribution is -2.53. The standard InChI is InChI=1S/C30H32N4O5S/c1-3-38-29(36)26-24(20-33-14-16-34(17-15-33)28(35)25-13-8-18-40-25)32(2)30(37)31-27(26)21-9-7-12-23(19-21)39-22-10-5-4-6-11-22/h4-13,18-19,27H,3,14-17,20H2,1-2H3,(H,31,37)/t27-/m1/s1. The largest absolute Gasteiger partial charge is 0.463 e. The molecule has 1 aromatic heterocycles. The average molecular weight is 561 g/mol. The molecule has 208 valence electrons. The Morgan fingerprint density at radius 3 is 2.42 bits per heavy atom. The van der Waals surface area contributed by atoms with Crippen LogP contribution in [0.15, 0.2) is 83.4 Å². The molecule has 3 amide bonds. The Balaban J connectivity index is 1.40. The number of piperazine rings is 1. The van der Waals surface area contributed by atoms with Crippen molar-refractivity contribution < 1.29 is 23.9 Å². The Hall–Kier alpha value is -4.15. The molecule has 0 radical (unpaired) electrons. The summed E-state index contributed by atoms with van der Waals surface area (Å²) in [6.07, 6.45) is 0. The monoisotopic (exact) mass is 560 g/mol. The minimum atomic E-state index is -0.709. The summed E-state index contributed by atoms with van der Waals surface area (Å²) in [6.45, 7) is 4.72. The van der Waals surface area contributed by atoms with Crippen molar-refractivity contribution in [3.63, 3.8) is 0 Å². The molecule has 0 spiro atoms. The number of nitrogens with one attached hydrogen (secondary N) is 1. The minimum absolute atomic E-state index is 0.0351. The highest BCUT2D eigenvalue weighted by Crippen LogP contribution is 2.34. The molecule has 2 aliphatic rings. The highest BCUT2D eigenvalue weighted by atomic mass is 32.1. The van der Waals surface area contributed by atoms with Gasteiger partial charge in [-0.15, -0.1) is 11.3 Å². The van der Waals surface area contributed by atoms with Crippen LogP contribution in [0.2, 0.25) is 0 Å². The third kappa shape index (κ3) is 6.03. The van der Waals surface area contributed by atoms with Crippen LogP contribution in [0.4, 0.5) is 4.79 Å². The molecule has 0 saturated carbocycles. The number of nitrogens with zero attached hydrogens (tertiary/aromatic N) is 3. The second-order valence-corrected chi connectivity index (χ2v) is 10.5. The normalized spacial score (nSPS) is 17.9. The highest BCUT2D eigenvalue weighted by Gasteiger charge is 2.38. The number of amides is 3. The van der Waals surface area contributed by atoms with Crippen LogP contribution in [0.3, 0.4) is 0 Å². The first-order valence-corrected chi connectivity index (χ1v) is 14.1. The molecule has 3 aromatic rings. The zero-order valence-electron chi connectivity index (χ0n) is 22.5. The van der Waals surface area contributed by atoms with Crippen molar-refractivity contribution in [2.75, 3.05) is 46.4 Å². The van der Waals surface area contributed by atoms with Crippen molar-refractivity contribution in [1.82, 2.24) is 20.0 Å². The SMILES string of the molecule is CCOC(=O)C1=C(CN2CCN(C(=O)c3cccs3)CC2)N(C)C(=O)N[C@@H]1c1cccc(Oc2ccccc2)c1. The van der Waals surface area contributed by atoms with Gasteiger partial charge in [0.1, 0.15) is 11.5 Å². The summed E-state index contributed by atoms with van der Waals surface area (Å²) in [7, 11) is 1.66. The molecular weight excluding hydrogens is 528 g/mol. The van der Waals surface area contributed by atoms with Gasteiger partial charge in [-0.3, -0.25) is 14.6 Å². The van der Waals surface area contributed by atoms with E-state index in [-0.39, 0.29) is 18.5 Å². The fraction of sp³-hybridized carbons (Fsp3) is 0.300. The summed E-state index contributed by atoms with van der Waals surface area (Å²) in [5, 5.41) is 4.87. The topological polar surface area (TPSA) is 91.4 Å². The van der Waals surface area contributed by atoms with Gasteiger partial charge in [-0.2, -0.15) is 0 Å². The summed E-state index contributed by atoms with van der Waals surface area (Å²) in [6, 6.07) is 19.5. The van der Waals surface area contributed by atoms with Crippen LogP contribution >= 0.6 is 11.3 Å². The number of likely N-dealkylation sites (N-methyl/N-ethyl adjacent to an activating group) is 1. The first-order chi connectivity index (χ1) is 19.4. The molecular formula is C30H32N4O5S. The summed E-state index contributed by atoms with van der Waals surface area (Å²) < 4.78 is 11.5. The zero-order chi connectivity index (χ0) is 28.1. The average Bonchev–Trinajstić information content (AvgIpc) is 3.51. The first-order valence-electron chi connectivity index (χ1n) is 13.3. The molecule has 0 unspecified atom stereocenters.